The Labute approximate surface area is 195 Å². The van der Waals surface area contributed by atoms with Crippen molar-refractivity contribution in [3.8, 4) is 0 Å². The molecule has 0 aromatic heterocycles. The van der Waals surface area contributed by atoms with Gasteiger partial charge in [-0.2, -0.15) is 0 Å². The van der Waals surface area contributed by atoms with Gasteiger partial charge in [0, 0.05) is 12.0 Å². The Morgan fingerprint density at radius 2 is 1.91 bits per heavy atom. The maximum Gasteiger partial charge on any atom is 0.410 e. The maximum absolute atomic E-state index is 15.1. The zero-order valence-electron chi connectivity index (χ0n) is 19.6. The number of hydrogen-bond donors (Lipinski definition) is 1. The first-order chi connectivity index (χ1) is 15.6. The lowest BCUT2D eigenvalue weighted by molar-refractivity contribution is -0.172. The fraction of sp³-hybridized carbons (Fsp3) is 0.667. The number of likely N-dealkylation sites (tertiary alicyclic amines) is 1. The minimum absolute atomic E-state index is 0.0329. The number of piperidine rings is 1. The second kappa shape index (κ2) is 8.07. The first kappa shape index (κ1) is 22.8. The van der Waals surface area contributed by atoms with Crippen LogP contribution in [0.5, 0.6) is 0 Å². The predicted molar refractivity (Wildman–Crippen MR) is 122 cm³/mol. The summed E-state index contributed by atoms with van der Waals surface area (Å²) in [5, 5.41) is 10.2. The largest absolute Gasteiger partial charge is 0.445 e. The van der Waals surface area contributed by atoms with E-state index < -0.39 is 24.1 Å². The molecule has 3 aliphatic carbocycles. The quantitative estimate of drug-likeness (QED) is 0.556. The van der Waals surface area contributed by atoms with Gasteiger partial charge in [-0.15, -0.1) is 0 Å². The zero-order valence-corrected chi connectivity index (χ0v) is 19.6. The summed E-state index contributed by atoms with van der Waals surface area (Å²) in [5.74, 6) is -2.76. The van der Waals surface area contributed by atoms with Crippen LogP contribution >= 0.6 is 0 Å². The van der Waals surface area contributed by atoms with Gasteiger partial charge in [0.25, 0.3) is 5.92 Å². The second-order valence-corrected chi connectivity index (χ2v) is 11.2. The van der Waals surface area contributed by atoms with E-state index in [1.54, 1.807) is 0 Å². The Morgan fingerprint density at radius 1 is 1.15 bits per heavy atom. The Balaban J connectivity index is 1.41. The van der Waals surface area contributed by atoms with Crippen LogP contribution in [-0.4, -0.2) is 40.2 Å². The van der Waals surface area contributed by atoms with E-state index in [1.165, 1.54) is 10.5 Å². The average Bonchev–Trinajstić information content (AvgIpc) is 2.78. The van der Waals surface area contributed by atoms with Gasteiger partial charge in [-0.05, 0) is 74.2 Å². The molecule has 5 rings (SSSR count). The van der Waals surface area contributed by atoms with Crippen LogP contribution in [0.25, 0.3) is 0 Å². The highest BCUT2D eigenvalue weighted by molar-refractivity contribution is 5.69. The standard InChI is InChI=1S/C27H35F2NO3/c1-25-12-10-20(31)14-19(25)8-9-21-22(25)11-13-26(2)23(21)15-27(28,29)17-30(26)24(32)33-16-18-6-4-3-5-7-18/h3-8,20-23,31H,9-17H2,1-2H3/t20-,21+,22-,23-,25-,26-/m0/s1. The minimum atomic E-state index is -2.93. The van der Waals surface area contributed by atoms with Crippen LogP contribution < -0.4 is 0 Å². The number of halogens is 2. The number of hydrogen-bond acceptors (Lipinski definition) is 3. The first-order valence-electron chi connectivity index (χ1n) is 12.4. The third kappa shape index (κ3) is 3.88. The number of aliphatic hydroxyl groups excluding tert-OH is 1. The lowest BCUT2D eigenvalue weighted by Gasteiger charge is -2.62. The topological polar surface area (TPSA) is 49.8 Å². The summed E-state index contributed by atoms with van der Waals surface area (Å²) in [7, 11) is 0. The molecule has 180 valence electrons. The number of ether oxygens (including phenoxy) is 1. The van der Waals surface area contributed by atoms with Crippen LogP contribution in [0.4, 0.5) is 13.6 Å². The van der Waals surface area contributed by atoms with E-state index in [0.717, 1.165) is 31.2 Å². The van der Waals surface area contributed by atoms with Gasteiger partial charge in [-0.25, -0.2) is 13.6 Å². The maximum atomic E-state index is 15.1. The highest BCUT2D eigenvalue weighted by Gasteiger charge is 2.62. The number of fused-ring (bicyclic) bond motifs is 5. The van der Waals surface area contributed by atoms with Crippen LogP contribution in [0.3, 0.4) is 0 Å². The third-order valence-electron chi connectivity index (χ3n) is 9.38. The molecule has 3 fully saturated rings. The zero-order chi connectivity index (χ0) is 23.4. The molecule has 0 radical (unpaired) electrons. The Morgan fingerprint density at radius 3 is 2.67 bits per heavy atom. The molecule has 1 saturated heterocycles. The number of rotatable bonds is 2. The van der Waals surface area contributed by atoms with E-state index >= 15 is 8.78 Å². The van der Waals surface area contributed by atoms with Crippen molar-refractivity contribution in [3.05, 3.63) is 47.5 Å². The van der Waals surface area contributed by atoms with E-state index in [2.05, 4.69) is 13.0 Å². The van der Waals surface area contributed by atoms with Gasteiger partial charge in [0.15, 0.2) is 0 Å². The van der Waals surface area contributed by atoms with Crippen molar-refractivity contribution in [2.75, 3.05) is 6.54 Å². The summed E-state index contributed by atoms with van der Waals surface area (Å²) < 4.78 is 35.7. The number of alkyl halides is 2. The van der Waals surface area contributed by atoms with Crippen molar-refractivity contribution in [3.63, 3.8) is 0 Å². The lowest BCUT2D eigenvalue weighted by atomic mass is 9.47. The number of allylic oxidation sites excluding steroid dienone is 1. The molecule has 33 heavy (non-hydrogen) atoms. The highest BCUT2D eigenvalue weighted by Crippen LogP contribution is 2.62. The second-order valence-electron chi connectivity index (χ2n) is 11.2. The number of amides is 1. The van der Waals surface area contributed by atoms with E-state index in [9.17, 15) is 9.90 Å². The molecule has 6 atom stereocenters. The fourth-order valence-corrected chi connectivity index (χ4v) is 7.52. The molecule has 1 aromatic carbocycles. The fourth-order valence-electron chi connectivity index (χ4n) is 7.52. The van der Waals surface area contributed by atoms with Crippen LogP contribution in [0, 0.1) is 23.2 Å². The molecule has 1 heterocycles. The number of aliphatic hydroxyl groups is 1. The molecule has 4 aliphatic rings. The molecule has 1 aliphatic heterocycles. The van der Waals surface area contributed by atoms with Crippen molar-refractivity contribution in [2.45, 2.75) is 83.0 Å². The summed E-state index contributed by atoms with van der Waals surface area (Å²) in [6.45, 7) is 3.78. The van der Waals surface area contributed by atoms with Crippen LogP contribution in [0.2, 0.25) is 0 Å². The molecular weight excluding hydrogens is 424 g/mol. The lowest BCUT2D eigenvalue weighted by Crippen LogP contribution is -2.67. The average molecular weight is 460 g/mol. The molecule has 6 heteroatoms. The van der Waals surface area contributed by atoms with E-state index in [1.807, 2.05) is 37.3 Å². The Bertz CT molecular complexity index is 935. The minimum Gasteiger partial charge on any atom is -0.445 e. The summed E-state index contributed by atoms with van der Waals surface area (Å²) in [4.78, 5) is 14.5. The van der Waals surface area contributed by atoms with Crippen LogP contribution in [-0.2, 0) is 11.3 Å². The van der Waals surface area contributed by atoms with Gasteiger partial charge in [0.1, 0.15) is 6.61 Å². The van der Waals surface area contributed by atoms with Gasteiger partial charge in [0.05, 0.1) is 12.6 Å². The van der Waals surface area contributed by atoms with E-state index in [4.69, 9.17) is 4.74 Å². The van der Waals surface area contributed by atoms with Gasteiger partial charge in [-0.3, -0.25) is 4.90 Å². The van der Waals surface area contributed by atoms with Gasteiger partial charge in [-0.1, -0.05) is 48.9 Å². The van der Waals surface area contributed by atoms with Crippen LogP contribution in [0.1, 0.15) is 64.4 Å². The molecule has 1 amide bonds. The summed E-state index contributed by atoms with van der Waals surface area (Å²) >= 11 is 0. The van der Waals surface area contributed by atoms with E-state index in [0.29, 0.717) is 18.8 Å². The van der Waals surface area contributed by atoms with Gasteiger partial charge in [0.2, 0.25) is 0 Å². The van der Waals surface area contributed by atoms with Gasteiger partial charge >= 0.3 is 6.09 Å². The molecule has 0 bridgehead atoms. The predicted octanol–water partition coefficient (Wildman–Crippen LogP) is 5.95. The van der Waals surface area contributed by atoms with Crippen molar-refractivity contribution in [1.29, 1.82) is 0 Å². The first-order valence-corrected chi connectivity index (χ1v) is 12.4. The number of nitrogens with zero attached hydrogens (tertiary/aromatic N) is 1. The molecular formula is C27H35F2NO3. The monoisotopic (exact) mass is 459 g/mol. The smallest absolute Gasteiger partial charge is 0.410 e. The SMILES string of the molecule is C[C@]12CC[C@H](O)CC1=CC[C@@H]1[C@@H]2CC[C@@]2(C)[C@H]1CC(F)(F)CN2C(=O)OCc1ccccc1. The van der Waals surface area contributed by atoms with E-state index in [-0.39, 0.29) is 36.4 Å². The van der Waals surface area contributed by atoms with Crippen molar-refractivity contribution in [1.82, 2.24) is 4.90 Å². The molecule has 0 unspecified atom stereocenters. The number of carbonyl (C=O) groups excluding carboxylic acids is 1. The Hall–Kier alpha value is -1.95. The summed E-state index contributed by atoms with van der Waals surface area (Å²) in [5.41, 5.74) is 1.49. The highest BCUT2D eigenvalue weighted by atomic mass is 19.3. The molecule has 0 spiro atoms. The molecule has 1 N–H and O–H groups in total. The molecule has 1 aromatic rings. The third-order valence-corrected chi connectivity index (χ3v) is 9.38. The van der Waals surface area contributed by atoms with Crippen LogP contribution in [0.15, 0.2) is 42.0 Å². The summed E-state index contributed by atoms with van der Waals surface area (Å²) in [6, 6.07) is 9.35. The van der Waals surface area contributed by atoms with Crippen molar-refractivity contribution < 1.29 is 23.4 Å². The number of benzene rings is 1. The Kier molecular flexibility index (Phi) is 5.58. The normalized spacial score (nSPS) is 39.5. The number of carbonyl (C=O) groups is 1. The van der Waals surface area contributed by atoms with Gasteiger partial charge < -0.3 is 9.84 Å². The molecule has 4 nitrogen and oxygen atoms in total. The summed E-state index contributed by atoms with van der Waals surface area (Å²) in [6.07, 6.45) is 5.89. The molecule has 2 saturated carbocycles. The van der Waals surface area contributed by atoms with Crippen molar-refractivity contribution >= 4 is 6.09 Å². The van der Waals surface area contributed by atoms with Crippen molar-refractivity contribution in [2.24, 2.45) is 23.2 Å².